The maximum atomic E-state index is 12.1. The van der Waals surface area contributed by atoms with Gasteiger partial charge in [0.2, 0.25) is 0 Å². The molecule has 1 N–H and O–H groups in total. The van der Waals surface area contributed by atoms with Gasteiger partial charge in [-0.05, 0) is 82.9 Å². The number of anilines is 1. The zero-order valence-corrected chi connectivity index (χ0v) is 17.4. The molecule has 0 aliphatic carbocycles. The zero-order valence-electron chi connectivity index (χ0n) is 15.8. The Morgan fingerprint density at radius 1 is 1.04 bits per heavy atom. The average Bonchev–Trinajstić information content (AvgIpc) is 2.69. The Labute approximate surface area is 173 Å². The van der Waals surface area contributed by atoms with Crippen LogP contribution in [0.1, 0.15) is 16.7 Å². The molecule has 0 heterocycles. The van der Waals surface area contributed by atoms with Crippen LogP contribution in [0.2, 0.25) is 0 Å². The second kappa shape index (κ2) is 9.33. The number of para-hydroxylation sites is 1. The van der Waals surface area contributed by atoms with Crippen molar-refractivity contribution in [2.45, 2.75) is 13.8 Å². The van der Waals surface area contributed by atoms with Crippen LogP contribution in [-0.2, 0) is 4.79 Å². The predicted octanol–water partition coefficient (Wildman–Crippen LogP) is 5.83. The molecule has 3 aromatic carbocycles. The van der Waals surface area contributed by atoms with Crippen LogP contribution in [0.4, 0.5) is 11.4 Å². The minimum Gasteiger partial charge on any atom is -0.484 e. The van der Waals surface area contributed by atoms with Crippen molar-refractivity contribution < 1.29 is 9.53 Å². The van der Waals surface area contributed by atoms with Crippen molar-refractivity contribution in [3.05, 3.63) is 87.9 Å². The van der Waals surface area contributed by atoms with Crippen LogP contribution in [0.3, 0.4) is 0 Å². The number of nitrogens with one attached hydrogen (secondary N) is 1. The molecule has 28 heavy (non-hydrogen) atoms. The predicted molar refractivity (Wildman–Crippen MR) is 118 cm³/mol. The molecule has 4 nitrogen and oxygen atoms in total. The number of aryl methyl sites for hydroxylation is 2. The van der Waals surface area contributed by atoms with Crippen molar-refractivity contribution in [3.8, 4) is 5.75 Å². The summed E-state index contributed by atoms with van der Waals surface area (Å²) in [5.41, 5.74) is 4.83. The first-order valence-electron chi connectivity index (χ1n) is 8.90. The second-order valence-electron chi connectivity index (χ2n) is 6.42. The number of carbonyl (C=O) groups is 1. The lowest BCUT2D eigenvalue weighted by Gasteiger charge is -2.09. The Bertz CT molecular complexity index is 1010. The Kier molecular flexibility index (Phi) is 6.61. The third-order valence-corrected chi connectivity index (χ3v) is 4.89. The molecule has 0 unspecified atom stereocenters. The molecule has 3 rings (SSSR count). The molecule has 1 amide bonds. The number of halogens is 1. The van der Waals surface area contributed by atoms with Crippen LogP contribution >= 0.6 is 15.9 Å². The van der Waals surface area contributed by atoms with Gasteiger partial charge in [-0.25, -0.2) is 0 Å². The van der Waals surface area contributed by atoms with Crippen LogP contribution in [0, 0.1) is 13.8 Å². The lowest BCUT2D eigenvalue weighted by molar-refractivity contribution is -0.118. The number of nitrogens with zero attached hydrogens (tertiary/aromatic N) is 1. The lowest BCUT2D eigenvalue weighted by Crippen LogP contribution is -2.20. The Morgan fingerprint density at radius 3 is 2.64 bits per heavy atom. The molecule has 0 aliphatic heterocycles. The fourth-order valence-electron chi connectivity index (χ4n) is 2.55. The molecule has 0 aromatic heterocycles. The molecule has 0 fully saturated rings. The normalized spacial score (nSPS) is 10.8. The van der Waals surface area contributed by atoms with E-state index in [1.165, 1.54) is 5.56 Å². The van der Waals surface area contributed by atoms with E-state index in [1.807, 2.05) is 80.6 Å². The van der Waals surface area contributed by atoms with E-state index >= 15 is 0 Å². The minimum atomic E-state index is -0.199. The molecule has 0 saturated carbocycles. The smallest absolute Gasteiger partial charge is 0.262 e. The van der Waals surface area contributed by atoms with Gasteiger partial charge in [-0.15, -0.1) is 0 Å². The van der Waals surface area contributed by atoms with Gasteiger partial charge >= 0.3 is 0 Å². The summed E-state index contributed by atoms with van der Waals surface area (Å²) >= 11 is 3.48. The zero-order chi connectivity index (χ0) is 19.9. The highest BCUT2D eigenvalue weighted by molar-refractivity contribution is 9.10. The van der Waals surface area contributed by atoms with E-state index in [2.05, 4.69) is 26.2 Å². The van der Waals surface area contributed by atoms with Gasteiger partial charge in [0.1, 0.15) is 5.75 Å². The van der Waals surface area contributed by atoms with Crippen molar-refractivity contribution in [3.63, 3.8) is 0 Å². The summed E-state index contributed by atoms with van der Waals surface area (Å²) in [7, 11) is 0. The monoisotopic (exact) mass is 436 g/mol. The summed E-state index contributed by atoms with van der Waals surface area (Å²) in [6, 6.07) is 21.1. The topological polar surface area (TPSA) is 50.7 Å². The number of amides is 1. The molecule has 0 spiro atoms. The van der Waals surface area contributed by atoms with E-state index < -0.39 is 0 Å². The summed E-state index contributed by atoms with van der Waals surface area (Å²) in [5.74, 6) is 0.418. The molecular weight excluding hydrogens is 416 g/mol. The number of carbonyl (C=O) groups excluding carboxylic acids is 1. The molecule has 3 aromatic rings. The molecule has 0 atom stereocenters. The van der Waals surface area contributed by atoms with E-state index in [4.69, 9.17) is 4.74 Å². The molecule has 5 heteroatoms. The first-order chi connectivity index (χ1) is 13.5. The third-order valence-electron chi connectivity index (χ3n) is 4.22. The number of hydrogen-bond donors (Lipinski definition) is 1. The van der Waals surface area contributed by atoms with E-state index in [1.54, 1.807) is 6.21 Å². The van der Waals surface area contributed by atoms with Crippen LogP contribution in [0.5, 0.6) is 5.75 Å². The number of hydrogen-bond acceptors (Lipinski definition) is 3. The van der Waals surface area contributed by atoms with Gasteiger partial charge in [-0.1, -0.05) is 30.3 Å². The fraction of sp³-hybridized carbons (Fsp3) is 0.130. The Morgan fingerprint density at radius 2 is 1.86 bits per heavy atom. The van der Waals surface area contributed by atoms with Gasteiger partial charge in [0.05, 0.1) is 5.69 Å². The maximum Gasteiger partial charge on any atom is 0.262 e. The van der Waals surface area contributed by atoms with Gasteiger partial charge in [-0.2, -0.15) is 0 Å². The molecular formula is C23H21BrN2O2. The minimum absolute atomic E-state index is 0.0578. The fourth-order valence-corrected chi connectivity index (χ4v) is 2.94. The van der Waals surface area contributed by atoms with E-state index in [9.17, 15) is 4.79 Å². The number of benzene rings is 3. The van der Waals surface area contributed by atoms with Crippen LogP contribution in [0.15, 0.2) is 76.2 Å². The molecule has 0 radical (unpaired) electrons. The maximum absolute atomic E-state index is 12.1. The van der Waals surface area contributed by atoms with Crippen LogP contribution < -0.4 is 10.1 Å². The van der Waals surface area contributed by atoms with E-state index in [-0.39, 0.29) is 12.5 Å². The molecule has 0 aliphatic rings. The average molecular weight is 437 g/mol. The summed E-state index contributed by atoms with van der Waals surface area (Å²) < 4.78 is 6.56. The highest BCUT2D eigenvalue weighted by Crippen LogP contribution is 2.24. The van der Waals surface area contributed by atoms with Gasteiger partial charge in [0, 0.05) is 16.4 Å². The third kappa shape index (κ3) is 5.54. The first-order valence-corrected chi connectivity index (χ1v) is 9.69. The van der Waals surface area contributed by atoms with E-state index in [0.717, 1.165) is 27.0 Å². The number of rotatable bonds is 6. The molecule has 142 valence electrons. The number of aliphatic imine (C=N–C) groups is 1. The summed E-state index contributed by atoms with van der Waals surface area (Å²) in [5, 5.41) is 2.85. The van der Waals surface area contributed by atoms with Gasteiger partial charge < -0.3 is 10.1 Å². The number of ether oxygens (including phenoxy) is 1. The van der Waals surface area contributed by atoms with Crippen molar-refractivity contribution >= 4 is 39.4 Å². The second-order valence-corrected chi connectivity index (χ2v) is 7.27. The summed E-state index contributed by atoms with van der Waals surface area (Å²) in [6.45, 7) is 4.00. The van der Waals surface area contributed by atoms with Crippen molar-refractivity contribution in [1.29, 1.82) is 0 Å². The van der Waals surface area contributed by atoms with Gasteiger partial charge in [0.15, 0.2) is 6.61 Å². The molecule has 0 bridgehead atoms. The highest BCUT2D eigenvalue weighted by atomic mass is 79.9. The summed E-state index contributed by atoms with van der Waals surface area (Å²) in [4.78, 5) is 16.6. The van der Waals surface area contributed by atoms with Crippen LogP contribution in [0.25, 0.3) is 0 Å². The SMILES string of the molecule is Cc1ccc(NC(=O)COc2cccc(C=Nc3ccccc3Br)c2)cc1C. The van der Waals surface area contributed by atoms with Crippen LogP contribution in [-0.4, -0.2) is 18.7 Å². The summed E-state index contributed by atoms with van der Waals surface area (Å²) in [6.07, 6.45) is 1.77. The molecule has 0 saturated heterocycles. The van der Waals surface area contributed by atoms with Crippen molar-refractivity contribution in [2.24, 2.45) is 4.99 Å². The van der Waals surface area contributed by atoms with Gasteiger partial charge in [-0.3, -0.25) is 9.79 Å². The lowest BCUT2D eigenvalue weighted by atomic mass is 10.1. The highest BCUT2D eigenvalue weighted by Gasteiger charge is 2.05. The standard InChI is InChI=1S/C23H21BrN2O2/c1-16-10-11-19(12-17(16)2)26-23(27)15-28-20-7-5-6-18(13-20)14-25-22-9-4-3-8-21(22)24/h3-14H,15H2,1-2H3,(H,26,27). The Balaban J connectivity index is 1.59. The van der Waals surface area contributed by atoms with Gasteiger partial charge in [0.25, 0.3) is 5.91 Å². The van der Waals surface area contributed by atoms with Crippen molar-refractivity contribution in [1.82, 2.24) is 0 Å². The largest absolute Gasteiger partial charge is 0.484 e. The Hall–Kier alpha value is -2.92. The van der Waals surface area contributed by atoms with E-state index in [0.29, 0.717) is 5.75 Å². The van der Waals surface area contributed by atoms with Crippen molar-refractivity contribution in [2.75, 3.05) is 11.9 Å². The first kappa shape index (κ1) is 19.8. The quantitative estimate of drug-likeness (QED) is 0.493.